The van der Waals surface area contributed by atoms with Crippen molar-refractivity contribution in [1.82, 2.24) is 14.5 Å². The van der Waals surface area contributed by atoms with E-state index in [1.807, 2.05) is 6.07 Å². The molecule has 2 aromatic carbocycles. The number of hydrogen-bond donors (Lipinski definition) is 1. The van der Waals surface area contributed by atoms with E-state index in [9.17, 15) is 18.0 Å². The van der Waals surface area contributed by atoms with Crippen LogP contribution in [0.1, 0.15) is 38.2 Å². The second-order valence-corrected chi connectivity index (χ2v) is 11.2. The zero-order chi connectivity index (χ0) is 25.6. The summed E-state index contributed by atoms with van der Waals surface area (Å²) in [6, 6.07) is 12.3. The van der Waals surface area contributed by atoms with E-state index in [2.05, 4.69) is 5.32 Å². The van der Waals surface area contributed by atoms with Crippen LogP contribution in [0, 0.1) is 0 Å². The van der Waals surface area contributed by atoms with Crippen LogP contribution in [-0.4, -0.2) is 62.2 Å². The van der Waals surface area contributed by atoms with Crippen LogP contribution in [0.4, 0.5) is 0 Å². The van der Waals surface area contributed by atoms with Gasteiger partial charge in [0.15, 0.2) is 0 Å². The average molecular weight is 522 g/mol. The van der Waals surface area contributed by atoms with Crippen molar-refractivity contribution < 1.29 is 22.7 Å². The summed E-state index contributed by atoms with van der Waals surface area (Å²) < 4.78 is 32.3. The van der Waals surface area contributed by atoms with E-state index in [1.165, 1.54) is 36.2 Å². The van der Waals surface area contributed by atoms with Crippen LogP contribution in [0.25, 0.3) is 0 Å². The lowest BCUT2D eigenvalue weighted by Gasteiger charge is -2.31. The zero-order valence-electron chi connectivity index (χ0n) is 20.2. The molecule has 0 heterocycles. The topological polar surface area (TPSA) is 96.0 Å². The van der Waals surface area contributed by atoms with Crippen LogP contribution >= 0.6 is 11.6 Å². The molecule has 2 aromatic rings. The molecule has 1 saturated carbocycles. The number of amides is 2. The maximum atomic E-state index is 13.4. The molecule has 1 N–H and O–H groups in total. The molecular formula is C25H32ClN3O5S. The standard InChI is InChI=1S/C25H32ClN3O5S/c1-18(25(31)27-21-8-4-5-9-21)29(16-19-7-6-10-22(15-19)34-3)24(30)17-28(2)35(32,33)23-13-11-20(26)12-14-23/h6-7,10-15,18,21H,4-5,8-9,16-17H2,1-3H3,(H,27,31)/t18-/m0/s1. The molecule has 0 unspecified atom stereocenters. The summed E-state index contributed by atoms with van der Waals surface area (Å²) in [6.07, 6.45) is 3.98. The molecule has 8 nitrogen and oxygen atoms in total. The van der Waals surface area contributed by atoms with Crippen LogP contribution in [-0.2, 0) is 26.2 Å². The summed E-state index contributed by atoms with van der Waals surface area (Å²) in [5.74, 6) is -0.112. The lowest BCUT2D eigenvalue weighted by Crippen LogP contribution is -2.52. The molecule has 1 atom stereocenters. The van der Waals surface area contributed by atoms with Gasteiger partial charge in [0.1, 0.15) is 11.8 Å². The smallest absolute Gasteiger partial charge is 0.243 e. The monoisotopic (exact) mass is 521 g/mol. The number of carbonyl (C=O) groups excluding carboxylic acids is 2. The number of carbonyl (C=O) groups is 2. The number of methoxy groups -OCH3 is 1. The first-order chi connectivity index (χ1) is 16.6. The molecule has 0 radical (unpaired) electrons. The Kier molecular flexibility index (Phi) is 9.15. The maximum absolute atomic E-state index is 13.4. The summed E-state index contributed by atoms with van der Waals surface area (Å²) >= 11 is 5.88. The fourth-order valence-electron chi connectivity index (χ4n) is 4.09. The van der Waals surface area contributed by atoms with Gasteiger partial charge in [-0.3, -0.25) is 9.59 Å². The van der Waals surface area contributed by atoms with Crippen LogP contribution in [0.3, 0.4) is 0 Å². The third-order valence-electron chi connectivity index (χ3n) is 6.24. The van der Waals surface area contributed by atoms with Crippen molar-refractivity contribution in [3.8, 4) is 5.75 Å². The largest absolute Gasteiger partial charge is 0.497 e. The fraction of sp³-hybridized carbons (Fsp3) is 0.440. The van der Waals surface area contributed by atoms with E-state index in [1.54, 1.807) is 32.2 Å². The van der Waals surface area contributed by atoms with Crippen molar-refractivity contribution in [2.24, 2.45) is 0 Å². The number of ether oxygens (including phenoxy) is 1. The van der Waals surface area contributed by atoms with Gasteiger partial charge in [-0.2, -0.15) is 4.31 Å². The van der Waals surface area contributed by atoms with Crippen LogP contribution < -0.4 is 10.1 Å². The quantitative estimate of drug-likeness (QED) is 0.516. The summed E-state index contributed by atoms with van der Waals surface area (Å²) in [6.45, 7) is 1.37. The Labute approximate surface area is 212 Å². The first kappa shape index (κ1) is 27.0. The van der Waals surface area contributed by atoms with Gasteiger partial charge in [0.25, 0.3) is 0 Å². The summed E-state index contributed by atoms with van der Waals surface area (Å²) in [4.78, 5) is 27.9. The van der Waals surface area contributed by atoms with Crippen LogP contribution in [0.15, 0.2) is 53.4 Å². The Hall–Kier alpha value is -2.62. The molecule has 1 fully saturated rings. The van der Waals surface area contributed by atoms with Crippen LogP contribution in [0.2, 0.25) is 5.02 Å². The predicted octanol–water partition coefficient (Wildman–Crippen LogP) is 3.45. The van der Waals surface area contributed by atoms with Gasteiger partial charge in [-0.15, -0.1) is 0 Å². The van der Waals surface area contributed by atoms with Gasteiger partial charge in [-0.1, -0.05) is 36.6 Å². The minimum absolute atomic E-state index is 0.0311. The predicted molar refractivity (Wildman–Crippen MR) is 135 cm³/mol. The molecule has 0 bridgehead atoms. The minimum atomic E-state index is -3.93. The highest BCUT2D eigenvalue weighted by Crippen LogP contribution is 2.21. The third kappa shape index (κ3) is 6.96. The number of hydrogen-bond acceptors (Lipinski definition) is 5. The summed E-state index contributed by atoms with van der Waals surface area (Å²) in [7, 11) is -1.03. The van der Waals surface area contributed by atoms with Crippen molar-refractivity contribution in [2.75, 3.05) is 20.7 Å². The molecule has 0 aromatic heterocycles. The number of rotatable bonds is 10. The van der Waals surface area contributed by atoms with E-state index < -0.39 is 28.5 Å². The number of halogens is 1. The van der Waals surface area contributed by atoms with Crippen molar-refractivity contribution in [3.63, 3.8) is 0 Å². The van der Waals surface area contributed by atoms with Gasteiger partial charge < -0.3 is 15.0 Å². The average Bonchev–Trinajstić information content (AvgIpc) is 3.35. The Bertz CT molecular complexity index is 1130. The van der Waals surface area contributed by atoms with Gasteiger partial charge in [-0.05, 0) is 61.7 Å². The zero-order valence-corrected chi connectivity index (χ0v) is 21.8. The van der Waals surface area contributed by atoms with E-state index in [0.29, 0.717) is 10.8 Å². The number of nitrogens with zero attached hydrogens (tertiary/aromatic N) is 2. The van der Waals surface area contributed by atoms with Gasteiger partial charge in [-0.25, -0.2) is 8.42 Å². The first-order valence-corrected chi connectivity index (χ1v) is 13.4. The minimum Gasteiger partial charge on any atom is -0.497 e. The Balaban J connectivity index is 1.81. The fourth-order valence-corrected chi connectivity index (χ4v) is 5.34. The Morgan fingerprint density at radius 2 is 1.80 bits per heavy atom. The number of likely N-dealkylation sites (N-methyl/N-ethyl adjacent to an activating group) is 1. The van der Waals surface area contributed by atoms with E-state index >= 15 is 0 Å². The van der Waals surface area contributed by atoms with Crippen molar-refractivity contribution in [2.45, 2.75) is 56.1 Å². The molecule has 190 valence electrons. The Morgan fingerprint density at radius 1 is 1.14 bits per heavy atom. The maximum Gasteiger partial charge on any atom is 0.243 e. The molecule has 0 spiro atoms. The van der Waals surface area contributed by atoms with Crippen molar-refractivity contribution in [3.05, 3.63) is 59.1 Å². The third-order valence-corrected chi connectivity index (χ3v) is 8.31. The lowest BCUT2D eigenvalue weighted by atomic mass is 10.1. The highest BCUT2D eigenvalue weighted by molar-refractivity contribution is 7.89. The van der Waals surface area contributed by atoms with Crippen LogP contribution in [0.5, 0.6) is 5.75 Å². The van der Waals surface area contributed by atoms with Gasteiger partial charge >= 0.3 is 0 Å². The molecule has 1 aliphatic carbocycles. The molecule has 0 saturated heterocycles. The molecule has 0 aliphatic heterocycles. The van der Waals surface area contributed by atoms with Crippen molar-refractivity contribution in [1.29, 1.82) is 0 Å². The number of benzene rings is 2. The van der Waals surface area contributed by atoms with Gasteiger partial charge in [0, 0.05) is 24.7 Å². The van der Waals surface area contributed by atoms with Gasteiger partial charge in [0.2, 0.25) is 21.8 Å². The lowest BCUT2D eigenvalue weighted by molar-refractivity contribution is -0.140. The molecule has 35 heavy (non-hydrogen) atoms. The summed E-state index contributed by atoms with van der Waals surface area (Å²) in [5.41, 5.74) is 0.765. The van der Waals surface area contributed by atoms with Crippen molar-refractivity contribution >= 4 is 33.4 Å². The highest BCUT2D eigenvalue weighted by atomic mass is 35.5. The van der Waals surface area contributed by atoms with E-state index in [-0.39, 0.29) is 23.4 Å². The van der Waals surface area contributed by atoms with Gasteiger partial charge in [0.05, 0.1) is 18.6 Å². The molecule has 10 heteroatoms. The van der Waals surface area contributed by atoms with E-state index in [0.717, 1.165) is 35.6 Å². The normalized spacial score (nSPS) is 15.1. The molecule has 1 aliphatic rings. The number of sulfonamides is 1. The molecular weight excluding hydrogens is 490 g/mol. The van der Waals surface area contributed by atoms with E-state index in [4.69, 9.17) is 16.3 Å². The first-order valence-electron chi connectivity index (χ1n) is 11.6. The second kappa shape index (κ2) is 11.9. The second-order valence-electron chi connectivity index (χ2n) is 8.75. The summed E-state index contributed by atoms with van der Waals surface area (Å²) in [5, 5.41) is 3.45. The highest BCUT2D eigenvalue weighted by Gasteiger charge is 2.31. The Morgan fingerprint density at radius 3 is 2.43 bits per heavy atom. The molecule has 3 rings (SSSR count). The SMILES string of the molecule is COc1cccc(CN(C(=O)CN(C)S(=O)(=O)c2ccc(Cl)cc2)[C@@H](C)C(=O)NC2CCCC2)c1. The molecule has 2 amide bonds. The number of nitrogens with one attached hydrogen (secondary N) is 1.